The average Bonchev–Trinajstić information content (AvgIpc) is 2.46. The van der Waals surface area contributed by atoms with Crippen molar-refractivity contribution in [2.45, 2.75) is 0 Å². The normalized spacial score (nSPS) is 9.56. The molecule has 0 aliphatic carbocycles. The van der Waals surface area contributed by atoms with E-state index in [-0.39, 0.29) is 5.91 Å². The number of hydrogen-bond donors (Lipinski definition) is 2. The highest BCUT2D eigenvalue weighted by atomic mass is 16.3. The first kappa shape index (κ1) is 11.7. The second kappa shape index (κ2) is 5.53. The molecule has 0 saturated carbocycles. The monoisotopic (exact) mass is 242 g/mol. The van der Waals surface area contributed by atoms with Crippen molar-refractivity contribution in [3.8, 4) is 0 Å². The molecule has 6 nitrogen and oxygen atoms in total. The van der Waals surface area contributed by atoms with Crippen LogP contribution in [-0.4, -0.2) is 10.9 Å². The summed E-state index contributed by atoms with van der Waals surface area (Å²) < 4.78 is 0. The Morgan fingerprint density at radius 3 is 2.33 bits per heavy atom. The number of hydrogen-bond acceptors (Lipinski definition) is 5. The first-order valence-corrected chi connectivity index (χ1v) is 5.19. The number of pyridine rings is 1. The summed E-state index contributed by atoms with van der Waals surface area (Å²) >= 11 is 0. The third-order valence-electron chi connectivity index (χ3n) is 2.24. The number of benzene rings is 1. The highest BCUT2D eigenvalue weighted by Gasteiger charge is 2.03. The van der Waals surface area contributed by atoms with Crippen LogP contribution in [0.25, 0.3) is 0 Å². The van der Waals surface area contributed by atoms with E-state index in [0.29, 0.717) is 16.9 Å². The number of carbonyl (C=O) groups is 1. The maximum Gasteiger partial charge on any atom is 0.269 e. The molecule has 18 heavy (non-hydrogen) atoms. The van der Waals surface area contributed by atoms with Crippen LogP contribution in [0.5, 0.6) is 0 Å². The van der Waals surface area contributed by atoms with Crippen LogP contribution in [0.3, 0.4) is 0 Å². The lowest BCUT2D eigenvalue weighted by atomic mass is 10.2. The van der Waals surface area contributed by atoms with E-state index in [1.165, 1.54) is 0 Å². The predicted octanol–water partition coefficient (Wildman–Crippen LogP) is 2.24. The number of rotatable bonds is 4. The van der Waals surface area contributed by atoms with Gasteiger partial charge in [-0.25, -0.2) is 0 Å². The number of nitrogens with one attached hydrogen (secondary N) is 2. The van der Waals surface area contributed by atoms with E-state index >= 15 is 0 Å². The number of nitrogens with zero attached hydrogens (tertiary/aromatic N) is 2. The van der Waals surface area contributed by atoms with Gasteiger partial charge in [-0.3, -0.25) is 20.6 Å². The first-order valence-electron chi connectivity index (χ1n) is 5.19. The molecule has 1 aromatic carbocycles. The van der Waals surface area contributed by atoms with Gasteiger partial charge in [0.2, 0.25) is 0 Å². The number of aromatic nitrogens is 1. The molecule has 0 saturated heterocycles. The molecule has 1 aromatic heterocycles. The summed E-state index contributed by atoms with van der Waals surface area (Å²) in [4.78, 5) is 25.7. The van der Waals surface area contributed by atoms with Crippen molar-refractivity contribution >= 4 is 17.3 Å². The van der Waals surface area contributed by atoms with E-state index in [1.54, 1.807) is 48.8 Å². The third kappa shape index (κ3) is 2.88. The lowest BCUT2D eigenvalue weighted by Gasteiger charge is -2.08. The van der Waals surface area contributed by atoms with Crippen LogP contribution in [-0.2, 0) is 0 Å². The van der Waals surface area contributed by atoms with E-state index in [9.17, 15) is 9.70 Å². The molecule has 0 unspecified atom stereocenters. The van der Waals surface area contributed by atoms with Gasteiger partial charge >= 0.3 is 0 Å². The molecule has 90 valence electrons. The van der Waals surface area contributed by atoms with Crippen LogP contribution < -0.4 is 10.9 Å². The minimum atomic E-state index is -0.269. The van der Waals surface area contributed by atoms with Crippen molar-refractivity contribution in [3.05, 3.63) is 59.3 Å². The smallest absolute Gasteiger partial charge is 0.269 e. The zero-order valence-electron chi connectivity index (χ0n) is 9.33. The molecule has 0 atom stereocenters. The molecule has 1 amide bonds. The first-order chi connectivity index (χ1) is 8.79. The summed E-state index contributed by atoms with van der Waals surface area (Å²) in [6.07, 6.45) is 3.08. The van der Waals surface area contributed by atoms with Gasteiger partial charge < -0.3 is 0 Å². The van der Waals surface area contributed by atoms with Gasteiger partial charge in [-0.15, -0.1) is 4.91 Å². The van der Waals surface area contributed by atoms with Crippen LogP contribution in [0.4, 0.5) is 11.4 Å². The van der Waals surface area contributed by atoms with Crippen molar-refractivity contribution < 1.29 is 4.79 Å². The second-order valence-corrected chi connectivity index (χ2v) is 3.45. The number of carbonyl (C=O) groups excluding carboxylic acids is 1. The fraction of sp³-hybridized carbons (Fsp3) is 0. The number of hydrazine groups is 1. The van der Waals surface area contributed by atoms with Crippen LogP contribution in [0.15, 0.2) is 54.0 Å². The molecule has 0 fully saturated rings. The Morgan fingerprint density at radius 2 is 1.72 bits per heavy atom. The summed E-state index contributed by atoms with van der Waals surface area (Å²) in [5, 5.41) is 2.78. The number of nitroso groups, excluding NO2 is 1. The average molecular weight is 242 g/mol. The topological polar surface area (TPSA) is 83.5 Å². The quantitative estimate of drug-likeness (QED) is 0.636. The van der Waals surface area contributed by atoms with Gasteiger partial charge in [0.25, 0.3) is 5.91 Å². The van der Waals surface area contributed by atoms with Crippen LogP contribution in [0, 0.1) is 4.91 Å². The van der Waals surface area contributed by atoms with E-state index in [4.69, 9.17) is 0 Å². The SMILES string of the molecule is O=Nc1ccc(NNC(=O)c2ccncc2)cc1. The van der Waals surface area contributed by atoms with Crippen LogP contribution in [0.2, 0.25) is 0 Å². The van der Waals surface area contributed by atoms with Crippen molar-refractivity contribution in [2.24, 2.45) is 5.18 Å². The summed E-state index contributed by atoms with van der Waals surface area (Å²) in [6, 6.07) is 9.60. The molecule has 2 aromatic rings. The lowest BCUT2D eigenvalue weighted by molar-refractivity contribution is 0.0962. The van der Waals surface area contributed by atoms with Gasteiger partial charge in [0.15, 0.2) is 0 Å². The fourth-order valence-corrected chi connectivity index (χ4v) is 1.31. The molecule has 0 aliphatic rings. The zero-order chi connectivity index (χ0) is 12.8. The van der Waals surface area contributed by atoms with Gasteiger partial charge in [0, 0.05) is 18.0 Å². The van der Waals surface area contributed by atoms with Gasteiger partial charge in [-0.2, -0.15) is 0 Å². The van der Waals surface area contributed by atoms with Crippen LogP contribution in [0.1, 0.15) is 10.4 Å². The highest BCUT2D eigenvalue weighted by Crippen LogP contribution is 2.14. The Balaban J connectivity index is 1.95. The Morgan fingerprint density at radius 1 is 1.06 bits per heavy atom. The standard InChI is InChI=1S/C12H10N4O2/c17-12(9-5-7-13-8-6-9)15-14-10-1-3-11(16-18)4-2-10/h1-8,14H,(H,15,17). The summed E-state index contributed by atoms with van der Waals surface area (Å²) in [6.45, 7) is 0. The van der Waals surface area contributed by atoms with Crippen molar-refractivity contribution in [3.63, 3.8) is 0 Å². The minimum absolute atomic E-state index is 0.269. The van der Waals surface area contributed by atoms with Gasteiger partial charge in [0.1, 0.15) is 5.69 Å². The summed E-state index contributed by atoms with van der Waals surface area (Å²) in [7, 11) is 0. The van der Waals surface area contributed by atoms with Crippen molar-refractivity contribution in [1.29, 1.82) is 0 Å². The van der Waals surface area contributed by atoms with Gasteiger partial charge in [-0.05, 0) is 41.6 Å². The molecule has 2 rings (SSSR count). The Bertz CT molecular complexity index is 540. The summed E-state index contributed by atoms with van der Waals surface area (Å²) in [5.41, 5.74) is 6.75. The third-order valence-corrected chi connectivity index (χ3v) is 2.24. The second-order valence-electron chi connectivity index (χ2n) is 3.45. The highest BCUT2D eigenvalue weighted by molar-refractivity contribution is 5.94. The molecule has 0 bridgehead atoms. The largest absolute Gasteiger partial charge is 0.298 e. The van der Waals surface area contributed by atoms with Crippen molar-refractivity contribution in [1.82, 2.24) is 10.4 Å². The van der Waals surface area contributed by atoms with Crippen molar-refractivity contribution in [2.75, 3.05) is 5.43 Å². The van der Waals surface area contributed by atoms with E-state index in [2.05, 4.69) is 21.0 Å². The zero-order valence-corrected chi connectivity index (χ0v) is 9.33. The van der Waals surface area contributed by atoms with Gasteiger partial charge in [0.05, 0.1) is 5.69 Å². The van der Waals surface area contributed by atoms with Crippen LogP contribution >= 0.6 is 0 Å². The molecule has 2 N–H and O–H groups in total. The maximum absolute atomic E-state index is 11.7. The molecule has 0 aliphatic heterocycles. The Hall–Kier alpha value is -2.76. The number of amides is 1. The molecule has 0 spiro atoms. The van der Waals surface area contributed by atoms with E-state index in [1.807, 2.05) is 0 Å². The van der Waals surface area contributed by atoms with Gasteiger partial charge in [-0.1, -0.05) is 0 Å². The molecule has 0 radical (unpaired) electrons. The Labute approximate surface area is 103 Å². The number of anilines is 1. The van der Waals surface area contributed by atoms with E-state index in [0.717, 1.165) is 0 Å². The molecular weight excluding hydrogens is 232 g/mol. The van der Waals surface area contributed by atoms with E-state index < -0.39 is 0 Å². The predicted molar refractivity (Wildman–Crippen MR) is 67.2 cm³/mol. The molecule has 1 heterocycles. The fourth-order valence-electron chi connectivity index (χ4n) is 1.31. The molecule has 6 heteroatoms. The minimum Gasteiger partial charge on any atom is -0.298 e. The lowest BCUT2D eigenvalue weighted by Crippen LogP contribution is -2.29. The maximum atomic E-state index is 11.7. The molecular formula is C12H10N4O2. The Kier molecular flexibility index (Phi) is 3.60. The summed E-state index contributed by atoms with van der Waals surface area (Å²) in [5.74, 6) is -0.269.